The molecule has 3 N–H and O–H groups in total. The predicted octanol–water partition coefficient (Wildman–Crippen LogP) is 4.20. The molecule has 3 aromatic rings. The van der Waals surface area contributed by atoms with Gasteiger partial charge in [-0.05, 0) is 55.3 Å². The van der Waals surface area contributed by atoms with Crippen LogP contribution in [0.15, 0.2) is 65.8 Å². The molecule has 0 saturated heterocycles. The highest BCUT2D eigenvalue weighted by Crippen LogP contribution is 2.20. The van der Waals surface area contributed by atoms with Gasteiger partial charge in [0.25, 0.3) is 5.91 Å². The smallest absolute Gasteiger partial charge is 0.329 e. The first kappa shape index (κ1) is 25.4. The molecule has 10 heteroatoms. The third kappa shape index (κ3) is 7.12. The number of aryl methyl sites for hydroxylation is 2. The van der Waals surface area contributed by atoms with Crippen molar-refractivity contribution in [3.8, 4) is 5.75 Å². The first-order valence-electron chi connectivity index (χ1n) is 10.4. The lowest BCUT2D eigenvalue weighted by molar-refractivity contribution is -0.136. The van der Waals surface area contributed by atoms with Crippen LogP contribution in [0.5, 0.6) is 5.75 Å². The molecule has 8 nitrogen and oxygen atoms in total. The molecule has 0 saturated carbocycles. The molecular formula is C25H22ClFN4O4. The number of nitrogens with one attached hydrogen (secondary N) is 3. The largest absolute Gasteiger partial charge is 0.483 e. The van der Waals surface area contributed by atoms with Crippen LogP contribution in [-0.2, 0) is 14.4 Å². The van der Waals surface area contributed by atoms with Crippen molar-refractivity contribution in [1.82, 2.24) is 5.43 Å². The Labute approximate surface area is 206 Å². The molecule has 0 aliphatic heterocycles. The molecule has 3 amide bonds. The van der Waals surface area contributed by atoms with E-state index in [1.54, 1.807) is 24.3 Å². The van der Waals surface area contributed by atoms with E-state index in [0.29, 0.717) is 22.7 Å². The van der Waals surface area contributed by atoms with Crippen LogP contribution in [-0.4, -0.2) is 30.5 Å². The summed E-state index contributed by atoms with van der Waals surface area (Å²) in [6.07, 6.45) is 1.29. The Balaban J connectivity index is 1.56. The molecule has 0 bridgehead atoms. The molecule has 3 aromatic carbocycles. The Kier molecular flexibility index (Phi) is 8.53. The van der Waals surface area contributed by atoms with Crippen LogP contribution in [0, 0.1) is 19.7 Å². The minimum Gasteiger partial charge on any atom is -0.483 e. The van der Waals surface area contributed by atoms with E-state index >= 15 is 0 Å². The van der Waals surface area contributed by atoms with Gasteiger partial charge in [0.1, 0.15) is 11.6 Å². The highest BCUT2D eigenvalue weighted by Gasteiger charge is 2.15. The molecule has 0 aliphatic carbocycles. The van der Waals surface area contributed by atoms with Crippen molar-refractivity contribution in [2.24, 2.45) is 5.10 Å². The fourth-order valence-corrected chi connectivity index (χ4v) is 3.21. The maximum atomic E-state index is 13.2. The minimum absolute atomic E-state index is 0.116. The summed E-state index contributed by atoms with van der Waals surface area (Å²) in [4.78, 5) is 36.5. The Morgan fingerprint density at radius 2 is 1.69 bits per heavy atom. The Morgan fingerprint density at radius 1 is 0.971 bits per heavy atom. The molecule has 0 aliphatic rings. The fraction of sp³-hybridized carbons (Fsp3) is 0.120. The first-order chi connectivity index (χ1) is 16.7. The van der Waals surface area contributed by atoms with Gasteiger partial charge in [-0.2, -0.15) is 5.10 Å². The highest BCUT2D eigenvalue weighted by molar-refractivity contribution is 6.39. The second-order valence-corrected chi connectivity index (χ2v) is 7.83. The van der Waals surface area contributed by atoms with Crippen molar-refractivity contribution >= 4 is 46.9 Å². The number of para-hydroxylation sites is 2. The lowest BCUT2D eigenvalue weighted by atomic mass is 10.1. The quantitative estimate of drug-likeness (QED) is 0.259. The molecule has 0 unspecified atom stereocenters. The molecule has 0 fully saturated rings. The van der Waals surface area contributed by atoms with E-state index in [1.165, 1.54) is 18.3 Å². The van der Waals surface area contributed by atoms with E-state index in [4.69, 9.17) is 16.3 Å². The van der Waals surface area contributed by atoms with Gasteiger partial charge in [-0.25, -0.2) is 9.82 Å². The standard InChI is InChI=1S/C25H22ClFN4O4/c1-15-6-5-7-16(2)23(15)30-24(33)25(34)31-28-13-17-8-3-4-9-21(17)35-14-22(32)29-18-10-11-20(27)19(26)12-18/h3-13H,14H2,1-2H3,(H,29,32)(H,30,33)(H,31,34)/b28-13-. The van der Waals surface area contributed by atoms with Crippen LogP contribution in [0.25, 0.3) is 0 Å². The number of amides is 3. The van der Waals surface area contributed by atoms with Gasteiger partial charge in [-0.3, -0.25) is 14.4 Å². The molecule has 0 aromatic heterocycles. The number of ether oxygens (including phenoxy) is 1. The number of nitrogens with zero attached hydrogens (tertiary/aromatic N) is 1. The number of halogens is 2. The van der Waals surface area contributed by atoms with Gasteiger partial charge in [-0.1, -0.05) is 41.9 Å². The second-order valence-electron chi connectivity index (χ2n) is 7.42. The highest BCUT2D eigenvalue weighted by atomic mass is 35.5. The topological polar surface area (TPSA) is 109 Å². The Bertz CT molecular complexity index is 1280. The van der Waals surface area contributed by atoms with Gasteiger partial charge in [0.15, 0.2) is 6.61 Å². The second kappa shape index (κ2) is 11.8. The van der Waals surface area contributed by atoms with Crippen molar-refractivity contribution in [3.63, 3.8) is 0 Å². The summed E-state index contributed by atoms with van der Waals surface area (Å²) in [6, 6.07) is 16.0. The summed E-state index contributed by atoms with van der Waals surface area (Å²) in [5, 5.41) is 8.81. The minimum atomic E-state index is -0.945. The molecular weight excluding hydrogens is 475 g/mol. The lowest BCUT2D eigenvalue weighted by Gasteiger charge is -2.11. The van der Waals surface area contributed by atoms with Crippen molar-refractivity contribution in [2.45, 2.75) is 13.8 Å². The Hall–Kier alpha value is -4.24. The number of hydrogen-bond acceptors (Lipinski definition) is 5. The van der Waals surface area contributed by atoms with E-state index in [0.717, 1.165) is 17.2 Å². The zero-order valence-corrected chi connectivity index (χ0v) is 19.7. The average molecular weight is 497 g/mol. The Morgan fingerprint density at radius 3 is 2.40 bits per heavy atom. The number of carbonyl (C=O) groups is 3. The third-order valence-electron chi connectivity index (χ3n) is 4.78. The number of hydrogen-bond donors (Lipinski definition) is 3. The average Bonchev–Trinajstić information content (AvgIpc) is 2.83. The van der Waals surface area contributed by atoms with Crippen LogP contribution in [0.4, 0.5) is 15.8 Å². The molecule has 0 heterocycles. The predicted molar refractivity (Wildman–Crippen MR) is 132 cm³/mol. The van der Waals surface area contributed by atoms with E-state index in [-0.39, 0.29) is 11.6 Å². The summed E-state index contributed by atoms with van der Waals surface area (Å²) in [5.74, 6) is -2.57. The van der Waals surface area contributed by atoms with Gasteiger partial charge in [0, 0.05) is 16.9 Å². The van der Waals surface area contributed by atoms with Crippen LogP contribution in [0.1, 0.15) is 16.7 Å². The van der Waals surface area contributed by atoms with Crippen molar-refractivity contribution in [2.75, 3.05) is 17.2 Å². The molecule has 180 valence electrons. The summed E-state index contributed by atoms with van der Waals surface area (Å²) in [5.41, 5.74) is 5.16. The van der Waals surface area contributed by atoms with Crippen molar-refractivity contribution < 1.29 is 23.5 Å². The van der Waals surface area contributed by atoms with Crippen LogP contribution < -0.4 is 20.8 Å². The molecule has 3 rings (SSSR count). The van der Waals surface area contributed by atoms with Gasteiger partial charge in [0.2, 0.25) is 0 Å². The number of anilines is 2. The number of carbonyl (C=O) groups excluding carboxylic acids is 3. The lowest BCUT2D eigenvalue weighted by Crippen LogP contribution is -2.32. The van der Waals surface area contributed by atoms with E-state index in [2.05, 4.69) is 21.2 Å². The molecule has 35 heavy (non-hydrogen) atoms. The van der Waals surface area contributed by atoms with Gasteiger partial charge < -0.3 is 15.4 Å². The number of rotatable bonds is 7. The first-order valence-corrected chi connectivity index (χ1v) is 10.8. The fourth-order valence-electron chi connectivity index (χ4n) is 3.03. The maximum Gasteiger partial charge on any atom is 0.329 e. The molecule has 0 radical (unpaired) electrons. The van der Waals surface area contributed by atoms with Gasteiger partial charge in [0.05, 0.1) is 11.2 Å². The zero-order chi connectivity index (χ0) is 25.4. The van der Waals surface area contributed by atoms with Crippen LogP contribution in [0.3, 0.4) is 0 Å². The van der Waals surface area contributed by atoms with Gasteiger partial charge in [-0.15, -0.1) is 0 Å². The third-order valence-corrected chi connectivity index (χ3v) is 5.07. The van der Waals surface area contributed by atoms with Crippen molar-refractivity contribution in [1.29, 1.82) is 0 Å². The molecule has 0 spiro atoms. The van der Waals surface area contributed by atoms with Crippen molar-refractivity contribution in [3.05, 3.63) is 88.2 Å². The van der Waals surface area contributed by atoms with E-state index < -0.39 is 23.5 Å². The van der Waals surface area contributed by atoms with Crippen LogP contribution >= 0.6 is 11.6 Å². The summed E-state index contributed by atoms with van der Waals surface area (Å²) < 4.78 is 18.8. The molecule has 0 atom stereocenters. The number of hydrazone groups is 1. The number of benzene rings is 3. The maximum absolute atomic E-state index is 13.2. The van der Waals surface area contributed by atoms with E-state index in [9.17, 15) is 18.8 Å². The monoisotopic (exact) mass is 496 g/mol. The van der Waals surface area contributed by atoms with E-state index in [1.807, 2.05) is 32.0 Å². The van der Waals surface area contributed by atoms with Crippen LogP contribution in [0.2, 0.25) is 5.02 Å². The normalized spacial score (nSPS) is 10.6. The van der Waals surface area contributed by atoms with Gasteiger partial charge >= 0.3 is 11.8 Å². The SMILES string of the molecule is Cc1cccc(C)c1NC(=O)C(=O)N/N=C\c1ccccc1OCC(=O)Nc1ccc(F)c(Cl)c1. The summed E-state index contributed by atoms with van der Waals surface area (Å²) in [7, 11) is 0. The summed E-state index contributed by atoms with van der Waals surface area (Å²) >= 11 is 5.71. The zero-order valence-electron chi connectivity index (χ0n) is 18.9. The summed E-state index contributed by atoms with van der Waals surface area (Å²) in [6.45, 7) is 3.31.